The molecule has 0 aliphatic heterocycles. The molecule has 0 aromatic heterocycles. The van der Waals surface area contributed by atoms with Gasteiger partial charge >= 0.3 is 5.97 Å². The Kier molecular flexibility index (Phi) is 2.53. The Balaban J connectivity index is 2.68. The van der Waals surface area contributed by atoms with Gasteiger partial charge in [0, 0.05) is 12.1 Å². The third-order valence-corrected chi connectivity index (χ3v) is 1.73. The van der Waals surface area contributed by atoms with Gasteiger partial charge < -0.3 is 10.5 Å². The fourth-order valence-corrected chi connectivity index (χ4v) is 1.19. The lowest BCUT2D eigenvalue weighted by Gasteiger charge is -2.02. The summed E-state index contributed by atoms with van der Waals surface area (Å²) in [4.78, 5) is 11.2. The van der Waals surface area contributed by atoms with E-state index in [0.29, 0.717) is 24.3 Å². The monoisotopic (exact) mass is 167 g/mol. The first-order chi connectivity index (χ1) is 5.65. The molecular weight excluding hydrogens is 154 g/mol. The van der Waals surface area contributed by atoms with E-state index in [0.717, 1.165) is 5.57 Å². The van der Waals surface area contributed by atoms with Crippen LogP contribution < -0.4 is 5.73 Å². The fourth-order valence-electron chi connectivity index (χ4n) is 1.19. The van der Waals surface area contributed by atoms with Gasteiger partial charge in [-0.1, -0.05) is 5.57 Å². The maximum absolute atomic E-state index is 11.2. The Hall–Kier alpha value is -1.25. The molecule has 0 fully saturated rings. The molecule has 1 aliphatic carbocycles. The van der Waals surface area contributed by atoms with Crippen molar-refractivity contribution >= 4 is 5.97 Å². The van der Waals surface area contributed by atoms with Crippen LogP contribution in [0.2, 0.25) is 0 Å². The van der Waals surface area contributed by atoms with Crippen LogP contribution in [0.1, 0.15) is 20.3 Å². The maximum atomic E-state index is 11.2. The van der Waals surface area contributed by atoms with Crippen molar-refractivity contribution in [2.24, 2.45) is 5.73 Å². The van der Waals surface area contributed by atoms with Crippen LogP contribution in [0.3, 0.4) is 0 Å². The molecule has 0 atom stereocenters. The summed E-state index contributed by atoms with van der Waals surface area (Å²) in [5.74, 6) is -0.289. The van der Waals surface area contributed by atoms with E-state index in [2.05, 4.69) is 0 Å². The number of hydrogen-bond donors (Lipinski definition) is 1. The molecule has 0 radical (unpaired) electrons. The van der Waals surface area contributed by atoms with Crippen molar-refractivity contribution in [1.82, 2.24) is 0 Å². The first kappa shape index (κ1) is 8.84. The largest absolute Gasteiger partial charge is 0.463 e. The van der Waals surface area contributed by atoms with Crippen LogP contribution in [-0.4, -0.2) is 12.6 Å². The smallest absolute Gasteiger partial charge is 0.336 e. The van der Waals surface area contributed by atoms with Crippen molar-refractivity contribution in [3.8, 4) is 0 Å². The molecule has 0 heterocycles. The number of carbonyl (C=O) groups excluding carboxylic acids is 1. The molecule has 3 heteroatoms. The predicted octanol–water partition coefficient (Wildman–Crippen LogP) is 1.11. The first-order valence-corrected chi connectivity index (χ1v) is 3.98. The van der Waals surface area contributed by atoms with Crippen LogP contribution in [0.25, 0.3) is 0 Å². The lowest BCUT2D eigenvalue weighted by Crippen LogP contribution is -2.10. The molecule has 2 N–H and O–H groups in total. The Bertz CT molecular complexity index is 264. The number of hydrogen-bond acceptors (Lipinski definition) is 3. The average molecular weight is 167 g/mol. The zero-order valence-electron chi connectivity index (χ0n) is 7.39. The Morgan fingerprint density at radius 3 is 2.83 bits per heavy atom. The molecule has 0 bridgehead atoms. The normalized spacial score (nSPS) is 16.3. The summed E-state index contributed by atoms with van der Waals surface area (Å²) in [6.45, 7) is 4.12. The van der Waals surface area contributed by atoms with E-state index in [1.54, 1.807) is 6.92 Å². The minimum atomic E-state index is -0.289. The molecule has 0 aromatic carbocycles. The van der Waals surface area contributed by atoms with Gasteiger partial charge in [-0.2, -0.15) is 0 Å². The summed E-state index contributed by atoms with van der Waals surface area (Å²) in [6, 6.07) is 0. The molecule has 66 valence electrons. The van der Waals surface area contributed by atoms with Gasteiger partial charge in [0.2, 0.25) is 0 Å². The summed E-state index contributed by atoms with van der Waals surface area (Å²) in [6.07, 6.45) is 2.44. The second-order valence-corrected chi connectivity index (χ2v) is 2.82. The van der Waals surface area contributed by atoms with Crippen LogP contribution in [-0.2, 0) is 9.53 Å². The van der Waals surface area contributed by atoms with Gasteiger partial charge in [0.25, 0.3) is 0 Å². The third-order valence-electron chi connectivity index (χ3n) is 1.73. The molecule has 0 saturated carbocycles. The zero-order valence-corrected chi connectivity index (χ0v) is 7.39. The molecule has 0 aromatic rings. The van der Waals surface area contributed by atoms with E-state index < -0.39 is 0 Å². The minimum Gasteiger partial charge on any atom is -0.463 e. The number of esters is 1. The van der Waals surface area contributed by atoms with Gasteiger partial charge in [-0.05, 0) is 19.9 Å². The Labute approximate surface area is 71.9 Å². The highest BCUT2D eigenvalue weighted by Crippen LogP contribution is 2.22. The lowest BCUT2D eigenvalue weighted by molar-refractivity contribution is -0.138. The molecule has 0 saturated heterocycles. The predicted molar refractivity (Wildman–Crippen MR) is 46.2 cm³/mol. The Morgan fingerprint density at radius 1 is 1.75 bits per heavy atom. The summed E-state index contributed by atoms with van der Waals surface area (Å²) in [5, 5.41) is 0. The van der Waals surface area contributed by atoms with E-state index in [-0.39, 0.29) is 5.97 Å². The van der Waals surface area contributed by atoms with Crippen LogP contribution >= 0.6 is 0 Å². The SMILES string of the molecule is CCOC(=O)C1=C(N)C=C(C)C1. The quantitative estimate of drug-likeness (QED) is 0.627. The van der Waals surface area contributed by atoms with Gasteiger partial charge in [0.15, 0.2) is 0 Å². The topological polar surface area (TPSA) is 52.3 Å². The molecule has 3 nitrogen and oxygen atoms in total. The highest BCUT2D eigenvalue weighted by Gasteiger charge is 2.18. The molecule has 1 rings (SSSR count). The van der Waals surface area contributed by atoms with Crippen molar-refractivity contribution in [2.75, 3.05) is 6.61 Å². The number of rotatable bonds is 2. The number of ether oxygens (including phenoxy) is 1. The highest BCUT2D eigenvalue weighted by molar-refractivity contribution is 5.91. The average Bonchev–Trinajstić information content (AvgIpc) is 2.30. The number of allylic oxidation sites excluding steroid dienone is 2. The second-order valence-electron chi connectivity index (χ2n) is 2.82. The molecule has 0 spiro atoms. The summed E-state index contributed by atoms with van der Waals surface area (Å²) in [5.41, 5.74) is 7.85. The summed E-state index contributed by atoms with van der Waals surface area (Å²) >= 11 is 0. The molecular formula is C9H13NO2. The molecule has 1 aliphatic rings. The minimum absolute atomic E-state index is 0.289. The lowest BCUT2D eigenvalue weighted by atomic mass is 10.2. The highest BCUT2D eigenvalue weighted by atomic mass is 16.5. The van der Waals surface area contributed by atoms with Crippen LogP contribution in [0.15, 0.2) is 22.9 Å². The molecule has 12 heavy (non-hydrogen) atoms. The van der Waals surface area contributed by atoms with Crippen LogP contribution in [0.4, 0.5) is 0 Å². The second kappa shape index (κ2) is 3.43. The fraction of sp³-hybridized carbons (Fsp3) is 0.444. The van der Waals surface area contributed by atoms with E-state index in [1.807, 2.05) is 13.0 Å². The van der Waals surface area contributed by atoms with Crippen molar-refractivity contribution in [3.05, 3.63) is 22.9 Å². The van der Waals surface area contributed by atoms with Crippen molar-refractivity contribution in [3.63, 3.8) is 0 Å². The van der Waals surface area contributed by atoms with Gasteiger partial charge in [0.05, 0.1) is 12.2 Å². The van der Waals surface area contributed by atoms with Gasteiger partial charge in [-0.25, -0.2) is 4.79 Å². The van der Waals surface area contributed by atoms with Crippen LogP contribution in [0.5, 0.6) is 0 Å². The van der Waals surface area contributed by atoms with Crippen molar-refractivity contribution in [1.29, 1.82) is 0 Å². The van der Waals surface area contributed by atoms with Crippen molar-refractivity contribution in [2.45, 2.75) is 20.3 Å². The van der Waals surface area contributed by atoms with Crippen LogP contribution in [0, 0.1) is 0 Å². The summed E-state index contributed by atoms with van der Waals surface area (Å²) < 4.78 is 4.83. The third kappa shape index (κ3) is 1.67. The van der Waals surface area contributed by atoms with E-state index in [4.69, 9.17) is 10.5 Å². The number of nitrogens with two attached hydrogens (primary N) is 1. The molecule has 0 amide bonds. The van der Waals surface area contributed by atoms with Gasteiger partial charge in [-0.3, -0.25) is 0 Å². The number of carbonyl (C=O) groups is 1. The molecule has 0 unspecified atom stereocenters. The van der Waals surface area contributed by atoms with Crippen molar-refractivity contribution < 1.29 is 9.53 Å². The zero-order chi connectivity index (χ0) is 9.14. The standard InChI is InChI=1S/C9H13NO2/c1-3-12-9(11)7-4-6(2)5-8(7)10/h5H,3-4,10H2,1-2H3. The van der Waals surface area contributed by atoms with E-state index >= 15 is 0 Å². The van der Waals surface area contributed by atoms with Gasteiger partial charge in [-0.15, -0.1) is 0 Å². The maximum Gasteiger partial charge on any atom is 0.336 e. The van der Waals surface area contributed by atoms with E-state index in [1.165, 1.54) is 0 Å². The van der Waals surface area contributed by atoms with Gasteiger partial charge in [0.1, 0.15) is 0 Å². The Morgan fingerprint density at radius 2 is 2.42 bits per heavy atom. The first-order valence-electron chi connectivity index (χ1n) is 3.98. The summed E-state index contributed by atoms with van der Waals surface area (Å²) in [7, 11) is 0. The van der Waals surface area contributed by atoms with E-state index in [9.17, 15) is 4.79 Å².